The van der Waals surface area contributed by atoms with Crippen LogP contribution >= 0.6 is 0 Å². The first-order valence-electron chi connectivity index (χ1n) is 9.30. The second-order valence-electron chi connectivity index (χ2n) is 7.15. The molecule has 0 radical (unpaired) electrons. The van der Waals surface area contributed by atoms with E-state index in [0.717, 1.165) is 0 Å². The minimum absolute atomic E-state index is 0.348. The molecule has 2 N–H and O–H groups in total. The zero-order valence-electron chi connectivity index (χ0n) is 14.3. The van der Waals surface area contributed by atoms with E-state index in [0.29, 0.717) is 23.3 Å². The molecule has 1 fully saturated rings. The molecule has 2 heteroatoms. The van der Waals surface area contributed by atoms with Gasteiger partial charge >= 0.3 is 0 Å². The molecule has 24 heavy (non-hydrogen) atoms. The van der Waals surface area contributed by atoms with Gasteiger partial charge in [-0.2, -0.15) is 0 Å². The zero-order valence-corrected chi connectivity index (χ0v) is 14.3. The summed E-state index contributed by atoms with van der Waals surface area (Å²) in [6.45, 7) is 0. The molecule has 0 saturated heterocycles. The lowest BCUT2D eigenvalue weighted by molar-refractivity contribution is 0.428. The van der Waals surface area contributed by atoms with Gasteiger partial charge in [0.1, 0.15) is 11.5 Å². The molecule has 1 saturated carbocycles. The number of aromatic hydroxyl groups is 2. The Hall–Kier alpha value is -1.96. The Labute approximate surface area is 145 Å². The minimum Gasteiger partial charge on any atom is -0.508 e. The Bertz CT molecular complexity index is 558. The van der Waals surface area contributed by atoms with E-state index in [9.17, 15) is 10.2 Å². The summed E-state index contributed by atoms with van der Waals surface area (Å²) < 4.78 is 0. The van der Waals surface area contributed by atoms with Crippen molar-refractivity contribution in [1.29, 1.82) is 0 Å². The summed E-state index contributed by atoms with van der Waals surface area (Å²) >= 11 is 0. The SMILES string of the molecule is Oc1ccc(C2CCCCCCC(c3ccc(O)cc3)CC2)cc1. The third-order valence-corrected chi connectivity index (χ3v) is 5.45. The second-order valence-corrected chi connectivity index (χ2v) is 7.15. The van der Waals surface area contributed by atoms with Crippen LogP contribution in [0.3, 0.4) is 0 Å². The monoisotopic (exact) mass is 324 g/mol. The topological polar surface area (TPSA) is 40.5 Å². The van der Waals surface area contributed by atoms with Gasteiger partial charge in [-0.15, -0.1) is 0 Å². The summed E-state index contributed by atoms with van der Waals surface area (Å²) in [5.41, 5.74) is 2.72. The molecule has 3 rings (SSSR count). The van der Waals surface area contributed by atoms with Crippen LogP contribution in [0.25, 0.3) is 0 Å². The Morgan fingerprint density at radius 1 is 0.500 bits per heavy atom. The van der Waals surface area contributed by atoms with Crippen LogP contribution in [0.4, 0.5) is 0 Å². The highest BCUT2D eigenvalue weighted by Crippen LogP contribution is 2.36. The third kappa shape index (κ3) is 4.53. The number of phenols is 2. The lowest BCUT2D eigenvalue weighted by Gasteiger charge is -2.24. The molecule has 1 aliphatic carbocycles. The lowest BCUT2D eigenvalue weighted by Crippen LogP contribution is -2.06. The molecule has 2 unspecified atom stereocenters. The van der Waals surface area contributed by atoms with Gasteiger partial charge in [0.25, 0.3) is 0 Å². The molecule has 0 aromatic heterocycles. The van der Waals surface area contributed by atoms with Gasteiger partial charge in [0.2, 0.25) is 0 Å². The van der Waals surface area contributed by atoms with Crippen LogP contribution in [-0.4, -0.2) is 10.2 Å². The van der Waals surface area contributed by atoms with Gasteiger partial charge in [-0.05, 0) is 72.9 Å². The summed E-state index contributed by atoms with van der Waals surface area (Å²) in [4.78, 5) is 0. The van der Waals surface area contributed by atoms with E-state index in [1.807, 2.05) is 24.3 Å². The van der Waals surface area contributed by atoms with Gasteiger partial charge < -0.3 is 10.2 Å². The van der Waals surface area contributed by atoms with Crippen molar-refractivity contribution in [2.45, 2.75) is 63.2 Å². The van der Waals surface area contributed by atoms with E-state index < -0.39 is 0 Å². The fourth-order valence-corrected chi connectivity index (χ4v) is 3.99. The first-order valence-corrected chi connectivity index (χ1v) is 9.30. The van der Waals surface area contributed by atoms with E-state index in [-0.39, 0.29) is 0 Å². The van der Waals surface area contributed by atoms with Crippen molar-refractivity contribution in [3.8, 4) is 11.5 Å². The smallest absolute Gasteiger partial charge is 0.115 e. The molecular formula is C22H28O2. The molecule has 0 heterocycles. The average molecular weight is 324 g/mol. The lowest BCUT2D eigenvalue weighted by atomic mass is 9.81. The van der Waals surface area contributed by atoms with Crippen LogP contribution in [-0.2, 0) is 0 Å². The summed E-state index contributed by atoms with van der Waals surface area (Å²) in [7, 11) is 0. The van der Waals surface area contributed by atoms with Crippen molar-refractivity contribution in [3.05, 3.63) is 59.7 Å². The molecule has 2 aromatic rings. The predicted molar refractivity (Wildman–Crippen MR) is 98.6 cm³/mol. The van der Waals surface area contributed by atoms with Crippen LogP contribution < -0.4 is 0 Å². The maximum atomic E-state index is 9.53. The van der Waals surface area contributed by atoms with Crippen molar-refractivity contribution in [2.75, 3.05) is 0 Å². The minimum atomic E-state index is 0.348. The number of phenolic OH excluding ortho intramolecular Hbond substituents is 2. The average Bonchev–Trinajstić information content (AvgIpc) is 2.61. The van der Waals surface area contributed by atoms with Gasteiger partial charge in [0.05, 0.1) is 0 Å². The normalized spacial score (nSPS) is 22.8. The highest BCUT2D eigenvalue weighted by atomic mass is 16.3. The van der Waals surface area contributed by atoms with Crippen LogP contribution in [0.1, 0.15) is 74.3 Å². The van der Waals surface area contributed by atoms with E-state index in [1.54, 1.807) is 0 Å². The highest BCUT2D eigenvalue weighted by Gasteiger charge is 2.18. The Morgan fingerprint density at radius 3 is 1.25 bits per heavy atom. The van der Waals surface area contributed by atoms with E-state index in [4.69, 9.17) is 0 Å². The molecule has 0 amide bonds. The molecular weight excluding hydrogens is 296 g/mol. The number of benzene rings is 2. The van der Waals surface area contributed by atoms with E-state index in [2.05, 4.69) is 24.3 Å². The third-order valence-electron chi connectivity index (χ3n) is 5.45. The summed E-state index contributed by atoms with van der Waals surface area (Å²) in [5.74, 6) is 1.87. The molecule has 1 aliphatic rings. The summed E-state index contributed by atoms with van der Waals surface area (Å²) in [6.07, 6.45) is 10.1. The molecule has 2 atom stereocenters. The van der Waals surface area contributed by atoms with Crippen molar-refractivity contribution in [3.63, 3.8) is 0 Å². The number of hydrogen-bond donors (Lipinski definition) is 2. The summed E-state index contributed by atoms with van der Waals surface area (Å²) in [6, 6.07) is 15.6. The first kappa shape index (κ1) is 16.9. The largest absolute Gasteiger partial charge is 0.508 e. The van der Waals surface area contributed by atoms with Gasteiger partial charge in [-0.3, -0.25) is 0 Å². The first-order chi connectivity index (χ1) is 11.7. The number of rotatable bonds is 2. The second kappa shape index (κ2) is 8.23. The maximum absolute atomic E-state index is 9.53. The van der Waals surface area contributed by atoms with Gasteiger partial charge in [0.15, 0.2) is 0 Å². The quantitative estimate of drug-likeness (QED) is 0.700. The van der Waals surface area contributed by atoms with Gasteiger partial charge in [-0.25, -0.2) is 0 Å². The van der Waals surface area contributed by atoms with E-state index >= 15 is 0 Å². The molecule has 2 nitrogen and oxygen atoms in total. The van der Waals surface area contributed by atoms with E-state index in [1.165, 1.54) is 62.5 Å². The summed E-state index contributed by atoms with van der Waals surface area (Å²) in [5, 5.41) is 19.1. The van der Waals surface area contributed by atoms with Crippen molar-refractivity contribution < 1.29 is 10.2 Å². The Balaban J connectivity index is 1.73. The molecule has 2 aromatic carbocycles. The fraction of sp³-hybridized carbons (Fsp3) is 0.455. The molecule has 0 bridgehead atoms. The molecule has 0 aliphatic heterocycles. The van der Waals surface area contributed by atoms with Crippen molar-refractivity contribution >= 4 is 0 Å². The maximum Gasteiger partial charge on any atom is 0.115 e. The molecule has 128 valence electrons. The number of hydrogen-bond acceptors (Lipinski definition) is 2. The van der Waals surface area contributed by atoms with Crippen LogP contribution in [0.2, 0.25) is 0 Å². The van der Waals surface area contributed by atoms with Crippen molar-refractivity contribution in [1.82, 2.24) is 0 Å². The molecule has 0 spiro atoms. The van der Waals surface area contributed by atoms with Crippen LogP contribution in [0.15, 0.2) is 48.5 Å². The Morgan fingerprint density at radius 2 is 0.875 bits per heavy atom. The van der Waals surface area contributed by atoms with Crippen LogP contribution in [0, 0.1) is 0 Å². The fourth-order valence-electron chi connectivity index (χ4n) is 3.99. The standard InChI is InChI=1S/C22H28O2/c23-21-13-9-19(10-14-21)17-5-3-1-2-4-6-18(8-7-17)20-11-15-22(24)16-12-20/h9-18,23-24H,1-8H2. The highest BCUT2D eigenvalue weighted by molar-refractivity contribution is 5.30. The Kier molecular flexibility index (Phi) is 5.79. The van der Waals surface area contributed by atoms with Crippen LogP contribution in [0.5, 0.6) is 11.5 Å². The zero-order chi connectivity index (χ0) is 16.8. The van der Waals surface area contributed by atoms with Gasteiger partial charge in [0, 0.05) is 0 Å². The van der Waals surface area contributed by atoms with Gasteiger partial charge in [-0.1, -0.05) is 49.9 Å². The predicted octanol–water partition coefficient (Wildman–Crippen LogP) is 6.10. The van der Waals surface area contributed by atoms with Crippen molar-refractivity contribution in [2.24, 2.45) is 0 Å².